The second kappa shape index (κ2) is 7.73. The molecule has 2 fully saturated rings. The number of rotatable bonds is 4. The third-order valence-corrected chi connectivity index (χ3v) is 9.08. The van der Waals surface area contributed by atoms with Gasteiger partial charge in [-0.1, -0.05) is 70.7 Å². The highest BCUT2D eigenvalue weighted by Crippen LogP contribution is 2.55. The van der Waals surface area contributed by atoms with Crippen LogP contribution in [0.5, 0.6) is 0 Å². The van der Waals surface area contributed by atoms with Gasteiger partial charge in [0.25, 0.3) is 0 Å². The molecule has 0 radical (unpaired) electrons. The van der Waals surface area contributed by atoms with Crippen molar-refractivity contribution in [3.8, 4) is 0 Å². The standard InChI is InChI=1S/C20H30NP/c1-16(21)19-14-8-9-15-20(19)22(17-10-4-2-5-11-17)18-12-6-3-7-13-18/h8-9,14-15,17-18,21H,2-7,10-13H2,1H3. The minimum absolute atomic E-state index is 0.0862. The van der Waals surface area contributed by atoms with E-state index in [2.05, 4.69) is 24.3 Å². The van der Waals surface area contributed by atoms with Gasteiger partial charge in [0.05, 0.1) is 0 Å². The highest BCUT2D eigenvalue weighted by atomic mass is 31.1. The Morgan fingerprint density at radius 3 is 1.86 bits per heavy atom. The molecule has 22 heavy (non-hydrogen) atoms. The predicted octanol–water partition coefficient (Wildman–Crippen LogP) is 5.85. The summed E-state index contributed by atoms with van der Waals surface area (Å²) in [6.45, 7) is 1.97. The highest BCUT2D eigenvalue weighted by molar-refractivity contribution is 7.67. The largest absolute Gasteiger partial charge is 0.305 e. The van der Waals surface area contributed by atoms with Crippen molar-refractivity contribution < 1.29 is 0 Å². The number of benzene rings is 1. The number of hydrogen-bond donors (Lipinski definition) is 1. The molecular formula is C20H30NP. The van der Waals surface area contributed by atoms with Gasteiger partial charge in [-0.2, -0.15) is 0 Å². The lowest BCUT2D eigenvalue weighted by atomic mass is 9.99. The number of nitrogens with one attached hydrogen (secondary N) is 1. The lowest BCUT2D eigenvalue weighted by molar-refractivity contribution is 0.487. The fraction of sp³-hybridized carbons (Fsp3) is 0.650. The smallest absolute Gasteiger partial charge is 0.0361 e. The fourth-order valence-corrected chi connectivity index (χ4v) is 8.43. The first-order valence-electron chi connectivity index (χ1n) is 9.20. The maximum Gasteiger partial charge on any atom is 0.0361 e. The molecule has 0 saturated heterocycles. The predicted molar refractivity (Wildman–Crippen MR) is 99.2 cm³/mol. The van der Waals surface area contributed by atoms with Crippen LogP contribution in [0.25, 0.3) is 0 Å². The lowest BCUT2D eigenvalue weighted by Gasteiger charge is -2.39. The molecule has 3 rings (SSSR count). The summed E-state index contributed by atoms with van der Waals surface area (Å²) in [7, 11) is -0.0862. The van der Waals surface area contributed by atoms with Crippen LogP contribution in [0.15, 0.2) is 24.3 Å². The molecule has 0 amide bonds. The van der Waals surface area contributed by atoms with Gasteiger partial charge in [-0.15, -0.1) is 0 Å². The Morgan fingerprint density at radius 2 is 1.36 bits per heavy atom. The van der Waals surface area contributed by atoms with Crippen molar-refractivity contribution in [3.63, 3.8) is 0 Å². The first-order chi connectivity index (χ1) is 10.8. The van der Waals surface area contributed by atoms with E-state index < -0.39 is 0 Å². The summed E-state index contributed by atoms with van der Waals surface area (Å²) in [5.41, 5.74) is 3.85. The van der Waals surface area contributed by atoms with Crippen LogP contribution in [-0.2, 0) is 0 Å². The molecule has 0 bridgehead atoms. The van der Waals surface area contributed by atoms with E-state index in [0.29, 0.717) is 0 Å². The maximum absolute atomic E-state index is 8.21. The minimum atomic E-state index is -0.0862. The molecule has 0 aromatic heterocycles. The third kappa shape index (κ3) is 3.62. The van der Waals surface area contributed by atoms with Crippen LogP contribution in [0.4, 0.5) is 0 Å². The Morgan fingerprint density at radius 1 is 0.864 bits per heavy atom. The van der Waals surface area contributed by atoms with Gasteiger partial charge >= 0.3 is 0 Å². The Kier molecular flexibility index (Phi) is 5.69. The van der Waals surface area contributed by atoms with Crippen molar-refractivity contribution in [3.05, 3.63) is 29.8 Å². The van der Waals surface area contributed by atoms with Crippen molar-refractivity contribution >= 4 is 18.9 Å². The van der Waals surface area contributed by atoms with Gasteiger partial charge in [0.2, 0.25) is 0 Å². The maximum atomic E-state index is 8.21. The van der Waals surface area contributed by atoms with Crippen molar-refractivity contribution in [1.29, 1.82) is 5.41 Å². The fourth-order valence-electron chi connectivity index (χ4n) is 4.43. The average molecular weight is 315 g/mol. The summed E-state index contributed by atoms with van der Waals surface area (Å²) in [4.78, 5) is 0. The molecule has 1 aromatic carbocycles. The topological polar surface area (TPSA) is 23.9 Å². The first kappa shape index (κ1) is 16.2. The van der Waals surface area contributed by atoms with Gasteiger partial charge in [0.15, 0.2) is 0 Å². The van der Waals surface area contributed by atoms with Crippen LogP contribution in [0.2, 0.25) is 0 Å². The summed E-state index contributed by atoms with van der Waals surface area (Å²) >= 11 is 0. The van der Waals surface area contributed by atoms with Crippen LogP contribution >= 0.6 is 7.92 Å². The van der Waals surface area contributed by atoms with E-state index in [9.17, 15) is 0 Å². The Bertz CT molecular complexity index is 480. The molecular weight excluding hydrogens is 285 g/mol. The van der Waals surface area contributed by atoms with E-state index in [1.807, 2.05) is 6.92 Å². The quantitative estimate of drug-likeness (QED) is 0.532. The zero-order valence-electron chi connectivity index (χ0n) is 14.0. The molecule has 1 N–H and O–H groups in total. The molecule has 1 aromatic rings. The molecule has 120 valence electrons. The van der Waals surface area contributed by atoms with Gasteiger partial charge in [-0.05, 0) is 49.2 Å². The summed E-state index contributed by atoms with van der Waals surface area (Å²) in [6, 6.07) is 8.88. The van der Waals surface area contributed by atoms with E-state index in [0.717, 1.165) is 17.0 Å². The summed E-state index contributed by atoms with van der Waals surface area (Å²) in [5.74, 6) is 0. The van der Waals surface area contributed by atoms with Gasteiger partial charge < -0.3 is 5.41 Å². The van der Waals surface area contributed by atoms with E-state index in [1.54, 1.807) is 5.30 Å². The van der Waals surface area contributed by atoms with Crippen molar-refractivity contribution in [2.45, 2.75) is 82.4 Å². The van der Waals surface area contributed by atoms with Crippen molar-refractivity contribution in [1.82, 2.24) is 0 Å². The first-order valence-corrected chi connectivity index (χ1v) is 10.7. The van der Waals surface area contributed by atoms with Crippen LogP contribution in [0.1, 0.15) is 76.7 Å². The average Bonchev–Trinajstić information content (AvgIpc) is 2.57. The molecule has 0 aliphatic heterocycles. The lowest BCUT2D eigenvalue weighted by Crippen LogP contribution is -2.28. The third-order valence-electron chi connectivity index (χ3n) is 5.52. The molecule has 0 spiro atoms. The van der Waals surface area contributed by atoms with Crippen LogP contribution in [0.3, 0.4) is 0 Å². The molecule has 2 saturated carbocycles. The number of hydrogen-bond acceptors (Lipinski definition) is 1. The zero-order valence-corrected chi connectivity index (χ0v) is 14.9. The molecule has 0 unspecified atom stereocenters. The summed E-state index contributed by atoms with van der Waals surface area (Å²) in [5, 5.41) is 9.77. The molecule has 2 aliphatic rings. The molecule has 2 aliphatic carbocycles. The van der Waals surface area contributed by atoms with Gasteiger partial charge in [-0.25, -0.2) is 0 Å². The van der Waals surface area contributed by atoms with E-state index >= 15 is 0 Å². The molecule has 0 heterocycles. The van der Waals surface area contributed by atoms with Crippen LogP contribution in [0, 0.1) is 5.41 Å². The second-order valence-corrected chi connectivity index (χ2v) is 9.89. The van der Waals surface area contributed by atoms with Crippen LogP contribution < -0.4 is 5.30 Å². The normalized spacial score (nSPS) is 21.2. The summed E-state index contributed by atoms with van der Waals surface area (Å²) in [6.07, 6.45) is 14.4. The Labute approximate surface area is 137 Å². The highest BCUT2D eigenvalue weighted by Gasteiger charge is 2.33. The second-order valence-electron chi connectivity index (χ2n) is 7.13. The van der Waals surface area contributed by atoms with Gasteiger partial charge in [0, 0.05) is 11.3 Å². The van der Waals surface area contributed by atoms with Gasteiger partial charge in [-0.3, -0.25) is 0 Å². The molecule has 1 nitrogen and oxygen atoms in total. The summed E-state index contributed by atoms with van der Waals surface area (Å²) < 4.78 is 0. The van der Waals surface area contributed by atoms with E-state index in [1.165, 1.54) is 69.8 Å². The minimum Gasteiger partial charge on any atom is -0.305 e. The van der Waals surface area contributed by atoms with Crippen LogP contribution in [-0.4, -0.2) is 17.0 Å². The van der Waals surface area contributed by atoms with Gasteiger partial charge in [0.1, 0.15) is 0 Å². The molecule has 2 heteroatoms. The van der Waals surface area contributed by atoms with Crippen molar-refractivity contribution in [2.75, 3.05) is 0 Å². The van der Waals surface area contributed by atoms with Crippen molar-refractivity contribution in [2.24, 2.45) is 0 Å². The molecule has 0 atom stereocenters. The zero-order chi connectivity index (χ0) is 15.4. The Balaban J connectivity index is 1.95. The Hall–Kier alpha value is -0.680. The monoisotopic (exact) mass is 315 g/mol. The van der Waals surface area contributed by atoms with E-state index in [4.69, 9.17) is 5.41 Å². The van der Waals surface area contributed by atoms with E-state index in [-0.39, 0.29) is 7.92 Å². The SMILES string of the molecule is CC(=N)c1ccccc1P(C1CCCCC1)C1CCCCC1.